The lowest BCUT2D eigenvalue weighted by Gasteiger charge is -2.10. The minimum atomic E-state index is -4.65. The Morgan fingerprint density at radius 3 is 2.48 bits per heavy atom. The van der Waals surface area contributed by atoms with Crippen molar-refractivity contribution in [2.75, 3.05) is 0 Å². The van der Waals surface area contributed by atoms with E-state index in [-0.39, 0.29) is 11.5 Å². The molecule has 5 aromatic rings. The summed E-state index contributed by atoms with van der Waals surface area (Å²) in [6, 6.07) is 8.81. The fourth-order valence-electron chi connectivity index (χ4n) is 3.44. The highest BCUT2D eigenvalue weighted by molar-refractivity contribution is 6.31. The number of para-hydroxylation sites is 1. The van der Waals surface area contributed by atoms with Gasteiger partial charge in [-0.3, -0.25) is 4.68 Å². The van der Waals surface area contributed by atoms with Crippen LogP contribution in [0.2, 0.25) is 5.02 Å². The van der Waals surface area contributed by atoms with Crippen LogP contribution in [0.3, 0.4) is 0 Å². The summed E-state index contributed by atoms with van der Waals surface area (Å²) in [6.45, 7) is 3.13. The molecule has 0 fully saturated rings. The minimum absolute atomic E-state index is 0.181. The van der Waals surface area contributed by atoms with Gasteiger partial charge in [-0.25, -0.2) is 19.2 Å². The van der Waals surface area contributed by atoms with Crippen LogP contribution >= 0.6 is 11.6 Å². The molecule has 0 radical (unpaired) electrons. The molecule has 8 nitrogen and oxygen atoms in total. The van der Waals surface area contributed by atoms with Crippen molar-refractivity contribution in [1.82, 2.24) is 39.1 Å². The molecule has 0 aliphatic rings. The van der Waals surface area contributed by atoms with Crippen LogP contribution in [0.15, 0.2) is 42.9 Å². The Balaban J connectivity index is 1.61. The molecule has 1 aromatic carbocycles. The molecular formula is C19H14ClF3N8. The molecule has 0 spiro atoms. The molecule has 4 aromatic heterocycles. The van der Waals surface area contributed by atoms with Crippen molar-refractivity contribution in [1.29, 1.82) is 0 Å². The van der Waals surface area contributed by atoms with Crippen molar-refractivity contribution in [3.05, 3.63) is 65.1 Å². The largest absolute Gasteiger partial charge is 0.436 e. The van der Waals surface area contributed by atoms with Crippen molar-refractivity contribution in [2.45, 2.75) is 26.1 Å². The summed E-state index contributed by atoms with van der Waals surface area (Å²) < 4.78 is 43.9. The van der Waals surface area contributed by atoms with Crippen LogP contribution in [0, 0.1) is 6.92 Å². The molecule has 0 bridgehead atoms. The number of rotatable bonds is 3. The minimum Gasteiger partial charge on any atom is -0.257 e. The van der Waals surface area contributed by atoms with Gasteiger partial charge in [0, 0.05) is 0 Å². The number of nitrogens with zero attached hydrogens (tertiary/aromatic N) is 8. The van der Waals surface area contributed by atoms with Gasteiger partial charge < -0.3 is 0 Å². The third-order valence-electron chi connectivity index (χ3n) is 5.01. The van der Waals surface area contributed by atoms with Crippen LogP contribution in [0.5, 0.6) is 0 Å². The zero-order chi connectivity index (χ0) is 21.9. The van der Waals surface area contributed by atoms with Crippen molar-refractivity contribution in [3.8, 4) is 5.69 Å². The van der Waals surface area contributed by atoms with E-state index in [9.17, 15) is 13.2 Å². The summed E-state index contributed by atoms with van der Waals surface area (Å²) in [7, 11) is 0. The molecule has 31 heavy (non-hydrogen) atoms. The van der Waals surface area contributed by atoms with Gasteiger partial charge in [0.15, 0.2) is 22.8 Å². The fourth-order valence-corrected chi connectivity index (χ4v) is 3.67. The number of benzene rings is 1. The third-order valence-corrected chi connectivity index (χ3v) is 5.46. The maximum Gasteiger partial charge on any atom is 0.436 e. The Kier molecular flexibility index (Phi) is 4.26. The van der Waals surface area contributed by atoms with Crippen molar-refractivity contribution >= 4 is 28.3 Å². The molecule has 1 atom stereocenters. The lowest BCUT2D eigenvalue weighted by atomic mass is 10.3. The summed E-state index contributed by atoms with van der Waals surface area (Å²) in [5.74, 6) is 0.276. The summed E-state index contributed by atoms with van der Waals surface area (Å²) >= 11 is 5.88. The maximum absolute atomic E-state index is 13.2. The van der Waals surface area contributed by atoms with Gasteiger partial charge in [-0.05, 0) is 26.0 Å². The van der Waals surface area contributed by atoms with Crippen LogP contribution in [-0.4, -0.2) is 39.1 Å². The molecule has 12 heteroatoms. The molecule has 0 saturated heterocycles. The Morgan fingerprint density at radius 2 is 1.81 bits per heavy atom. The molecule has 0 aliphatic carbocycles. The molecule has 0 unspecified atom stereocenters. The highest BCUT2D eigenvalue weighted by atomic mass is 35.5. The average molecular weight is 447 g/mol. The third kappa shape index (κ3) is 3.03. The number of hydrogen-bond acceptors (Lipinski definition) is 5. The van der Waals surface area contributed by atoms with E-state index in [1.165, 1.54) is 22.4 Å². The normalized spacial score (nSPS) is 13.4. The Hall–Kier alpha value is -3.47. The smallest absolute Gasteiger partial charge is 0.257 e. The molecular weight excluding hydrogens is 433 g/mol. The molecule has 4 heterocycles. The fraction of sp³-hybridized carbons (Fsp3) is 0.211. The summed E-state index contributed by atoms with van der Waals surface area (Å²) in [5, 5.41) is 12.7. The van der Waals surface area contributed by atoms with Crippen LogP contribution in [0.1, 0.15) is 30.2 Å². The number of hydrogen-bond donors (Lipinski definition) is 0. The molecule has 158 valence electrons. The molecule has 0 amide bonds. The summed E-state index contributed by atoms with van der Waals surface area (Å²) in [5.41, 5.74) is 0.962. The van der Waals surface area contributed by atoms with Gasteiger partial charge >= 0.3 is 6.18 Å². The van der Waals surface area contributed by atoms with Gasteiger partial charge in [0.1, 0.15) is 12.4 Å². The summed E-state index contributed by atoms with van der Waals surface area (Å²) in [4.78, 5) is 8.97. The van der Waals surface area contributed by atoms with E-state index in [1.54, 1.807) is 17.8 Å². The summed E-state index contributed by atoms with van der Waals surface area (Å²) in [6.07, 6.45) is -1.53. The Bertz CT molecular complexity index is 1420. The first-order valence-corrected chi connectivity index (χ1v) is 9.59. The maximum atomic E-state index is 13.2. The first kappa shape index (κ1) is 19.5. The monoisotopic (exact) mass is 446 g/mol. The number of alkyl halides is 3. The Morgan fingerprint density at radius 1 is 1.06 bits per heavy atom. The van der Waals surface area contributed by atoms with Crippen LogP contribution in [-0.2, 0) is 6.18 Å². The second kappa shape index (κ2) is 6.77. The zero-order valence-electron chi connectivity index (χ0n) is 16.2. The van der Waals surface area contributed by atoms with E-state index in [1.807, 2.05) is 30.3 Å². The highest BCUT2D eigenvalue weighted by Gasteiger charge is 2.39. The quantitative estimate of drug-likeness (QED) is 0.414. The molecule has 5 rings (SSSR count). The van der Waals surface area contributed by atoms with Crippen molar-refractivity contribution in [2.24, 2.45) is 0 Å². The lowest BCUT2D eigenvalue weighted by molar-refractivity contribution is -0.141. The number of fused-ring (bicyclic) bond motifs is 3. The van der Waals surface area contributed by atoms with E-state index >= 15 is 0 Å². The molecule has 0 N–H and O–H groups in total. The number of aromatic nitrogens is 8. The first-order valence-electron chi connectivity index (χ1n) is 9.22. The topological polar surface area (TPSA) is 78.7 Å². The van der Waals surface area contributed by atoms with E-state index < -0.39 is 22.9 Å². The van der Waals surface area contributed by atoms with Crippen LogP contribution in [0.4, 0.5) is 13.2 Å². The van der Waals surface area contributed by atoms with Crippen molar-refractivity contribution < 1.29 is 13.2 Å². The second-order valence-electron chi connectivity index (χ2n) is 6.98. The van der Waals surface area contributed by atoms with E-state index in [4.69, 9.17) is 11.6 Å². The van der Waals surface area contributed by atoms with Crippen molar-refractivity contribution in [3.63, 3.8) is 0 Å². The van der Waals surface area contributed by atoms with Gasteiger partial charge in [-0.1, -0.05) is 29.8 Å². The van der Waals surface area contributed by atoms with Gasteiger partial charge in [0.05, 0.1) is 28.0 Å². The standard InChI is InChI=1S/C19H14ClF3N8/c1-10-14(20)15(19(21,22)23)27-30(10)11(2)16-26-18-13-8-25-31(12-6-4-3-5-7-12)17(13)24-9-29(18)28-16/h3-9,11H,1-2H3/t11-/m0/s1. The lowest BCUT2D eigenvalue weighted by Crippen LogP contribution is -2.14. The Labute approximate surface area is 177 Å². The van der Waals surface area contributed by atoms with Gasteiger partial charge in [-0.2, -0.15) is 23.4 Å². The molecule has 0 saturated carbocycles. The van der Waals surface area contributed by atoms with Crippen LogP contribution < -0.4 is 0 Å². The average Bonchev–Trinajstić information content (AvgIpc) is 3.43. The first-order chi connectivity index (χ1) is 14.8. The SMILES string of the molecule is Cc1c(Cl)c(C(F)(F)F)nn1[C@@H](C)c1nc2c3cnn(-c4ccccc4)c3ncn2n1. The van der Waals surface area contributed by atoms with E-state index in [2.05, 4.69) is 25.3 Å². The predicted molar refractivity (Wildman–Crippen MR) is 106 cm³/mol. The van der Waals surface area contributed by atoms with Gasteiger partial charge in [0.2, 0.25) is 0 Å². The van der Waals surface area contributed by atoms with Gasteiger partial charge in [0.25, 0.3) is 0 Å². The van der Waals surface area contributed by atoms with E-state index in [0.717, 1.165) is 5.69 Å². The zero-order valence-corrected chi connectivity index (χ0v) is 17.0. The van der Waals surface area contributed by atoms with E-state index in [0.29, 0.717) is 16.7 Å². The van der Waals surface area contributed by atoms with Gasteiger partial charge in [-0.15, -0.1) is 5.10 Å². The molecule has 0 aliphatic heterocycles. The highest BCUT2D eigenvalue weighted by Crippen LogP contribution is 2.36. The van der Waals surface area contributed by atoms with Crippen LogP contribution in [0.25, 0.3) is 22.4 Å². The second-order valence-corrected chi connectivity index (χ2v) is 7.36. The predicted octanol–water partition coefficient (Wildman–Crippen LogP) is 4.25. The number of halogens is 4.